The molecule has 0 aliphatic rings. The first-order valence-electron chi connectivity index (χ1n) is 6.80. The van der Waals surface area contributed by atoms with Gasteiger partial charge in [-0.2, -0.15) is 0 Å². The van der Waals surface area contributed by atoms with E-state index in [4.69, 9.17) is 16.3 Å². The number of methoxy groups -OCH3 is 1. The Morgan fingerprint density at radius 1 is 1.04 bits per heavy atom. The number of hydrogen-bond acceptors (Lipinski definition) is 4. The average molecular weight is 349 g/mol. The molecule has 0 N–H and O–H groups in total. The molecule has 0 aliphatic carbocycles. The molecule has 0 bridgehead atoms. The van der Waals surface area contributed by atoms with Crippen molar-refractivity contribution in [1.29, 1.82) is 0 Å². The molecule has 0 unspecified atom stereocenters. The van der Waals surface area contributed by atoms with Crippen LogP contribution in [-0.2, 0) is 6.54 Å². The molecular formula is C16H13ClN2O3S. The largest absolute Gasteiger partial charge is 0.497 e. The molecule has 5 nitrogen and oxygen atoms in total. The molecule has 0 amide bonds. The molecule has 0 spiro atoms. The highest BCUT2D eigenvalue weighted by molar-refractivity contribution is 7.03. The molecule has 2 aromatic carbocycles. The number of hydrogen-bond donors (Lipinski definition) is 0. The van der Waals surface area contributed by atoms with E-state index in [0.29, 0.717) is 10.7 Å². The van der Waals surface area contributed by atoms with Crippen LogP contribution >= 0.6 is 23.1 Å². The highest BCUT2D eigenvalue weighted by Gasteiger charge is 2.12. The first-order chi connectivity index (χ1) is 11.1. The van der Waals surface area contributed by atoms with Gasteiger partial charge in [-0.1, -0.05) is 23.7 Å². The van der Waals surface area contributed by atoms with Gasteiger partial charge in [0.2, 0.25) is 0 Å². The van der Waals surface area contributed by atoms with Crippen LogP contribution in [0.5, 0.6) is 5.75 Å². The van der Waals surface area contributed by atoms with Gasteiger partial charge in [0.15, 0.2) is 0 Å². The third-order valence-corrected chi connectivity index (χ3v) is 4.53. The summed E-state index contributed by atoms with van der Waals surface area (Å²) in [6.45, 7) is 0.221. The zero-order valence-electron chi connectivity index (χ0n) is 12.2. The van der Waals surface area contributed by atoms with Crippen LogP contribution in [0.15, 0.2) is 58.1 Å². The zero-order valence-corrected chi connectivity index (χ0v) is 13.8. The molecule has 0 atom stereocenters. The lowest BCUT2D eigenvalue weighted by Crippen LogP contribution is -2.28. The van der Waals surface area contributed by atoms with Crippen LogP contribution in [0.2, 0.25) is 5.02 Å². The van der Waals surface area contributed by atoms with Crippen molar-refractivity contribution in [1.82, 2.24) is 8.52 Å². The van der Waals surface area contributed by atoms with Crippen LogP contribution in [0.1, 0.15) is 5.56 Å². The van der Waals surface area contributed by atoms with E-state index >= 15 is 0 Å². The van der Waals surface area contributed by atoms with Gasteiger partial charge in [-0.15, -0.1) is 0 Å². The fourth-order valence-corrected chi connectivity index (χ4v) is 3.07. The van der Waals surface area contributed by atoms with Crippen LogP contribution < -0.4 is 15.3 Å². The van der Waals surface area contributed by atoms with E-state index in [1.165, 1.54) is 8.52 Å². The Labute approximate surface area is 141 Å². The standard InChI is InChI=1S/C16H13ClN2O3S/c1-22-14-8-2-11(3-9-14)10-18-15(20)19(23-16(18)21)13-6-4-12(17)5-7-13/h2-9H,10H2,1H3. The van der Waals surface area contributed by atoms with E-state index < -0.39 is 0 Å². The van der Waals surface area contributed by atoms with Crippen molar-refractivity contribution in [2.75, 3.05) is 7.11 Å². The number of rotatable bonds is 4. The maximum absolute atomic E-state index is 12.5. The summed E-state index contributed by atoms with van der Waals surface area (Å²) in [5, 5.41) is 0.576. The molecule has 7 heteroatoms. The molecule has 1 heterocycles. The van der Waals surface area contributed by atoms with Crippen molar-refractivity contribution in [2.24, 2.45) is 0 Å². The maximum Gasteiger partial charge on any atom is 0.346 e. The minimum Gasteiger partial charge on any atom is -0.497 e. The summed E-state index contributed by atoms with van der Waals surface area (Å²) in [5.74, 6) is 0.727. The van der Waals surface area contributed by atoms with E-state index in [0.717, 1.165) is 22.8 Å². The summed E-state index contributed by atoms with van der Waals surface area (Å²) in [4.78, 5) is 24.3. The van der Waals surface area contributed by atoms with Gasteiger partial charge in [0, 0.05) is 16.6 Å². The lowest BCUT2D eigenvalue weighted by Gasteiger charge is -2.03. The summed E-state index contributed by atoms with van der Waals surface area (Å²) in [6, 6.07) is 14.0. The fraction of sp³-hybridized carbons (Fsp3) is 0.125. The van der Waals surface area contributed by atoms with E-state index in [9.17, 15) is 9.59 Å². The number of ether oxygens (including phenoxy) is 1. The fourth-order valence-electron chi connectivity index (χ4n) is 2.14. The first kappa shape index (κ1) is 15.6. The topological polar surface area (TPSA) is 53.2 Å². The smallest absolute Gasteiger partial charge is 0.346 e. The van der Waals surface area contributed by atoms with E-state index in [1.54, 1.807) is 43.5 Å². The van der Waals surface area contributed by atoms with Crippen LogP contribution in [-0.4, -0.2) is 15.6 Å². The predicted molar refractivity (Wildman–Crippen MR) is 91.3 cm³/mol. The highest BCUT2D eigenvalue weighted by atomic mass is 35.5. The van der Waals surface area contributed by atoms with Crippen LogP contribution in [0.4, 0.5) is 0 Å². The molecule has 0 aliphatic heterocycles. The van der Waals surface area contributed by atoms with Gasteiger partial charge in [-0.05, 0) is 42.0 Å². The summed E-state index contributed by atoms with van der Waals surface area (Å²) in [5.41, 5.74) is 1.11. The van der Waals surface area contributed by atoms with Gasteiger partial charge in [0.1, 0.15) is 5.75 Å². The van der Waals surface area contributed by atoms with E-state index in [2.05, 4.69) is 0 Å². The first-order valence-corrected chi connectivity index (χ1v) is 7.95. The quantitative estimate of drug-likeness (QED) is 0.728. The predicted octanol–water partition coefficient (Wildman–Crippen LogP) is 2.77. The molecule has 0 fully saturated rings. The van der Waals surface area contributed by atoms with Crippen molar-refractivity contribution < 1.29 is 4.74 Å². The van der Waals surface area contributed by atoms with Crippen LogP contribution in [0.3, 0.4) is 0 Å². The Balaban J connectivity index is 1.96. The zero-order chi connectivity index (χ0) is 16.4. The minimum atomic E-state index is -0.363. The molecule has 23 heavy (non-hydrogen) atoms. The Morgan fingerprint density at radius 2 is 1.70 bits per heavy atom. The second-order valence-electron chi connectivity index (χ2n) is 4.84. The maximum atomic E-state index is 12.5. The Morgan fingerprint density at radius 3 is 2.30 bits per heavy atom. The van der Waals surface area contributed by atoms with Crippen LogP contribution in [0, 0.1) is 0 Å². The summed E-state index contributed by atoms with van der Waals surface area (Å²) in [6.07, 6.45) is 0. The molecule has 0 saturated carbocycles. The lowest BCUT2D eigenvalue weighted by molar-refractivity contribution is 0.414. The Bertz CT molecular complexity index is 924. The average Bonchev–Trinajstić information content (AvgIpc) is 2.84. The molecule has 0 radical (unpaired) electrons. The number of benzene rings is 2. The van der Waals surface area contributed by atoms with Crippen molar-refractivity contribution in [2.45, 2.75) is 6.54 Å². The van der Waals surface area contributed by atoms with Crippen LogP contribution in [0.25, 0.3) is 5.69 Å². The highest BCUT2D eigenvalue weighted by Crippen LogP contribution is 2.14. The lowest BCUT2D eigenvalue weighted by atomic mass is 10.2. The van der Waals surface area contributed by atoms with Gasteiger partial charge in [-0.25, -0.2) is 13.3 Å². The van der Waals surface area contributed by atoms with E-state index in [-0.39, 0.29) is 17.1 Å². The molecule has 118 valence electrons. The minimum absolute atomic E-state index is 0.221. The molecular weight excluding hydrogens is 336 g/mol. The van der Waals surface area contributed by atoms with Crippen molar-refractivity contribution in [3.05, 3.63) is 79.3 Å². The number of nitrogens with zero attached hydrogens (tertiary/aromatic N) is 2. The van der Waals surface area contributed by atoms with Gasteiger partial charge in [0.05, 0.1) is 19.3 Å². The third kappa shape index (κ3) is 3.23. The van der Waals surface area contributed by atoms with Gasteiger partial charge in [-0.3, -0.25) is 4.79 Å². The monoisotopic (exact) mass is 348 g/mol. The second-order valence-corrected chi connectivity index (χ2v) is 6.18. The van der Waals surface area contributed by atoms with Crippen molar-refractivity contribution in [3.63, 3.8) is 0 Å². The van der Waals surface area contributed by atoms with Crippen molar-refractivity contribution >= 4 is 23.1 Å². The Hall–Kier alpha value is -2.31. The second kappa shape index (κ2) is 6.44. The molecule has 0 saturated heterocycles. The van der Waals surface area contributed by atoms with E-state index in [1.807, 2.05) is 12.1 Å². The summed E-state index contributed by atoms with van der Waals surface area (Å²) >= 11 is 6.72. The van der Waals surface area contributed by atoms with Crippen molar-refractivity contribution in [3.8, 4) is 11.4 Å². The normalized spacial score (nSPS) is 10.7. The summed E-state index contributed by atoms with van der Waals surface area (Å²) < 4.78 is 7.67. The number of aromatic nitrogens is 2. The summed E-state index contributed by atoms with van der Waals surface area (Å²) in [7, 11) is 1.59. The SMILES string of the molecule is COc1ccc(Cn2c(=O)sn(-c3ccc(Cl)cc3)c2=O)cc1. The van der Waals surface area contributed by atoms with Gasteiger partial charge < -0.3 is 4.74 Å². The van der Waals surface area contributed by atoms with Gasteiger partial charge in [0.25, 0.3) is 0 Å². The number of halogens is 1. The Kier molecular flexibility index (Phi) is 4.36. The molecule has 3 rings (SSSR count). The van der Waals surface area contributed by atoms with Gasteiger partial charge >= 0.3 is 10.6 Å². The molecule has 1 aromatic heterocycles. The molecule has 3 aromatic rings. The third-order valence-electron chi connectivity index (χ3n) is 3.36.